The average Bonchev–Trinajstić information content (AvgIpc) is 3.07. The van der Waals surface area contributed by atoms with Crippen LogP contribution in [-0.2, 0) is 11.3 Å². The predicted molar refractivity (Wildman–Crippen MR) is 98.5 cm³/mol. The second-order valence-corrected chi connectivity index (χ2v) is 6.96. The Labute approximate surface area is 153 Å². The molecule has 0 amide bonds. The van der Waals surface area contributed by atoms with Gasteiger partial charge in [-0.3, -0.25) is 4.90 Å². The van der Waals surface area contributed by atoms with Crippen LogP contribution in [-0.4, -0.2) is 72.5 Å². The fourth-order valence-corrected chi connectivity index (χ4v) is 3.46. The molecule has 4 heterocycles. The molecule has 0 saturated carbocycles. The van der Waals surface area contributed by atoms with Crippen molar-refractivity contribution in [2.75, 3.05) is 62.3 Å². The average molecular weight is 358 g/mol. The largest absolute Gasteiger partial charge is 0.378 e. The van der Waals surface area contributed by atoms with Crippen molar-refractivity contribution in [1.29, 1.82) is 0 Å². The molecule has 2 aromatic heterocycles. The summed E-state index contributed by atoms with van der Waals surface area (Å²) >= 11 is 0. The molecule has 0 N–H and O–H groups in total. The number of hydrogen-bond acceptors (Lipinski definition) is 8. The van der Waals surface area contributed by atoms with E-state index in [-0.39, 0.29) is 0 Å². The van der Waals surface area contributed by atoms with Gasteiger partial charge >= 0.3 is 0 Å². The Morgan fingerprint density at radius 3 is 2.38 bits per heavy atom. The summed E-state index contributed by atoms with van der Waals surface area (Å²) in [5, 5.41) is 4.10. The number of anilines is 2. The molecule has 4 rings (SSSR count). The van der Waals surface area contributed by atoms with Gasteiger partial charge in [-0.25, -0.2) is 4.98 Å². The molecule has 0 unspecified atom stereocenters. The number of rotatable bonds is 4. The zero-order chi connectivity index (χ0) is 17.9. The lowest BCUT2D eigenvalue weighted by Gasteiger charge is -2.35. The Morgan fingerprint density at radius 2 is 1.69 bits per heavy atom. The van der Waals surface area contributed by atoms with Crippen molar-refractivity contribution in [2.45, 2.75) is 20.4 Å². The first kappa shape index (κ1) is 17.2. The summed E-state index contributed by atoms with van der Waals surface area (Å²) in [4.78, 5) is 16.4. The third-order valence-electron chi connectivity index (χ3n) is 4.88. The van der Waals surface area contributed by atoms with Gasteiger partial charge in [-0.2, -0.15) is 4.98 Å². The highest BCUT2D eigenvalue weighted by Gasteiger charge is 2.21. The number of ether oxygens (including phenoxy) is 1. The minimum Gasteiger partial charge on any atom is -0.378 e. The van der Waals surface area contributed by atoms with Gasteiger partial charge in [0, 0.05) is 63.6 Å². The standard InChI is InChI=1S/C18H26N6O2/c1-14-11-17(20-18(19-14)24-7-9-25-10-8-24)23-5-3-22(4-6-23)13-16-12-15(2)26-21-16/h11-12H,3-10,13H2,1-2H3. The zero-order valence-electron chi connectivity index (χ0n) is 15.5. The van der Waals surface area contributed by atoms with Crippen LogP contribution in [0.5, 0.6) is 0 Å². The van der Waals surface area contributed by atoms with Gasteiger partial charge in [0.1, 0.15) is 11.6 Å². The van der Waals surface area contributed by atoms with Crippen LogP contribution >= 0.6 is 0 Å². The van der Waals surface area contributed by atoms with E-state index in [9.17, 15) is 0 Å². The Bertz CT molecular complexity index is 735. The molecular weight excluding hydrogens is 332 g/mol. The van der Waals surface area contributed by atoms with Crippen molar-refractivity contribution >= 4 is 11.8 Å². The van der Waals surface area contributed by atoms with E-state index in [1.54, 1.807) is 0 Å². The maximum absolute atomic E-state index is 5.44. The lowest BCUT2D eigenvalue weighted by atomic mass is 10.2. The van der Waals surface area contributed by atoms with Crippen molar-refractivity contribution in [1.82, 2.24) is 20.0 Å². The molecule has 2 fully saturated rings. The third-order valence-corrected chi connectivity index (χ3v) is 4.88. The molecule has 2 aromatic rings. The summed E-state index contributed by atoms with van der Waals surface area (Å²) in [5.41, 5.74) is 2.01. The normalized spacial score (nSPS) is 19.2. The first-order valence-corrected chi connectivity index (χ1v) is 9.25. The lowest BCUT2D eigenvalue weighted by molar-refractivity contribution is 0.122. The number of nitrogens with zero attached hydrogens (tertiary/aromatic N) is 6. The minimum atomic E-state index is 0.743. The van der Waals surface area contributed by atoms with Gasteiger partial charge < -0.3 is 19.1 Å². The van der Waals surface area contributed by atoms with Gasteiger partial charge in [-0.15, -0.1) is 0 Å². The fourth-order valence-electron chi connectivity index (χ4n) is 3.46. The first-order valence-electron chi connectivity index (χ1n) is 9.25. The summed E-state index contributed by atoms with van der Waals surface area (Å²) < 4.78 is 10.6. The van der Waals surface area contributed by atoms with Gasteiger partial charge in [0.15, 0.2) is 0 Å². The molecule has 0 atom stereocenters. The molecule has 26 heavy (non-hydrogen) atoms. The Morgan fingerprint density at radius 1 is 0.923 bits per heavy atom. The molecule has 2 aliphatic heterocycles. The summed E-state index contributed by atoms with van der Waals surface area (Å²) in [6, 6.07) is 4.09. The Hall–Kier alpha value is -2.19. The van der Waals surface area contributed by atoms with Crippen molar-refractivity contribution in [3.8, 4) is 0 Å². The van der Waals surface area contributed by atoms with Crippen LogP contribution in [0, 0.1) is 13.8 Å². The minimum absolute atomic E-state index is 0.743. The molecule has 8 nitrogen and oxygen atoms in total. The van der Waals surface area contributed by atoms with Crippen molar-refractivity contribution in [3.05, 3.63) is 29.3 Å². The lowest BCUT2D eigenvalue weighted by Crippen LogP contribution is -2.46. The van der Waals surface area contributed by atoms with Gasteiger partial charge in [0.25, 0.3) is 0 Å². The molecule has 0 bridgehead atoms. The van der Waals surface area contributed by atoms with Crippen molar-refractivity contribution < 1.29 is 9.26 Å². The summed E-state index contributed by atoms with van der Waals surface area (Å²) in [7, 11) is 0. The predicted octanol–water partition coefficient (Wildman–Crippen LogP) is 1.24. The number of hydrogen-bond donors (Lipinski definition) is 0. The molecule has 0 aliphatic carbocycles. The van der Waals surface area contributed by atoms with E-state index in [4.69, 9.17) is 14.2 Å². The maximum atomic E-state index is 5.44. The Balaban J connectivity index is 1.39. The highest BCUT2D eigenvalue weighted by Crippen LogP contribution is 2.20. The van der Waals surface area contributed by atoms with Crippen molar-refractivity contribution in [3.63, 3.8) is 0 Å². The van der Waals surface area contributed by atoms with Crippen LogP contribution in [0.1, 0.15) is 17.1 Å². The van der Waals surface area contributed by atoms with Gasteiger partial charge in [0.05, 0.1) is 18.9 Å². The molecule has 0 aromatic carbocycles. The van der Waals surface area contributed by atoms with Gasteiger partial charge in [-0.1, -0.05) is 5.16 Å². The molecule has 2 aliphatic rings. The van der Waals surface area contributed by atoms with Crippen LogP contribution in [0.3, 0.4) is 0 Å². The van der Waals surface area contributed by atoms with E-state index < -0.39 is 0 Å². The molecule has 0 radical (unpaired) electrons. The van der Waals surface area contributed by atoms with E-state index >= 15 is 0 Å². The maximum Gasteiger partial charge on any atom is 0.227 e. The summed E-state index contributed by atoms with van der Waals surface area (Å²) in [6.07, 6.45) is 0. The van der Waals surface area contributed by atoms with Crippen LogP contribution < -0.4 is 9.80 Å². The van der Waals surface area contributed by atoms with E-state index in [0.29, 0.717) is 0 Å². The molecule has 0 spiro atoms. The SMILES string of the molecule is Cc1cc(N2CCN(Cc3cc(C)on3)CC2)nc(N2CCOCC2)n1. The number of aromatic nitrogens is 3. The summed E-state index contributed by atoms with van der Waals surface area (Å²) in [5.74, 6) is 2.71. The Kier molecular flexibility index (Phi) is 5.03. The molecule has 140 valence electrons. The highest BCUT2D eigenvalue weighted by atomic mass is 16.5. The number of aryl methyl sites for hydroxylation is 2. The van der Waals surface area contributed by atoms with Crippen LogP contribution in [0.2, 0.25) is 0 Å². The van der Waals surface area contributed by atoms with Crippen LogP contribution in [0.4, 0.5) is 11.8 Å². The topological polar surface area (TPSA) is 70.8 Å². The number of morpholine rings is 1. The van der Waals surface area contributed by atoms with Gasteiger partial charge in [0.2, 0.25) is 5.95 Å². The quantitative estimate of drug-likeness (QED) is 0.809. The third kappa shape index (κ3) is 3.96. The van der Waals surface area contributed by atoms with Gasteiger partial charge in [-0.05, 0) is 13.8 Å². The molecular formula is C18H26N6O2. The van der Waals surface area contributed by atoms with E-state index in [1.807, 2.05) is 19.9 Å². The second kappa shape index (κ2) is 7.59. The van der Waals surface area contributed by atoms with Crippen LogP contribution in [0.15, 0.2) is 16.7 Å². The molecule has 2 saturated heterocycles. The van der Waals surface area contributed by atoms with E-state index in [2.05, 4.69) is 30.9 Å². The zero-order valence-corrected chi connectivity index (χ0v) is 15.5. The van der Waals surface area contributed by atoms with E-state index in [1.165, 1.54) is 0 Å². The van der Waals surface area contributed by atoms with Crippen LogP contribution in [0.25, 0.3) is 0 Å². The monoisotopic (exact) mass is 358 g/mol. The second-order valence-electron chi connectivity index (χ2n) is 6.96. The smallest absolute Gasteiger partial charge is 0.227 e. The summed E-state index contributed by atoms with van der Waals surface area (Å²) in [6.45, 7) is 11.9. The number of piperazine rings is 1. The molecule has 8 heteroatoms. The van der Waals surface area contributed by atoms with Crippen molar-refractivity contribution in [2.24, 2.45) is 0 Å². The highest BCUT2D eigenvalue weighted by molar-refractivity contribution is 5.46. The fraction of sp³-hybridized carbons (Fsp3) is 0.611. The first-order chi connectivity index (χ1) is 12.7. The van der Waals surface area contributed by atoms with E-state index in [0.717, 1.165) is 87.9 Å².